The van der Waals surface area contributed by atoms with Crippen LogP contribution in [0.2, 0.25) is 0 Å². The fraction of sp³-hybridized carbons (Fsp3) is 0.500. The number of alkyl halides is 2. The van der Waals surface area contributed by atoms with Crippen LogP contribution in [0.5, 0.6) is 0 Å². The smallest absolute Gasteiger partial charge is 0.274 e. The quantitative estimate of drug-likeness (QED) is 0.908. The number of nitrogens with one attached hydrogen (secondary N) is 1. The van der Waals surface area contributed by atoms with Gasteiger partial charge in [-0.2, -0.15) is 0 Å². The lowest BCUT2D eigenvalue weighted by atomic mass is 9.96. The van der Waals surface area contributed by atoms with Gasteiger partial charge >= 0.3 is 0 Å². The van der Waals surface area contributed by atoms with Crippen molar-refractivity contribution in [3.8, 4) is 0 Å². The predicted octanol–water partition coefficient (Wildman–Crippen LogP) is 2.30. The van der Waals surface area contributed by atoms with E-state index in [1.807, 2.05) is 0 Å². The lowest BCUT2D eigenvalue weighted by molar-refractivity contribution is -0.118. The van der Waals surface area contributed by atoms with Crippen LogP contribution in [0, 0.1) is 0 Å². The van der Waals surface area contributed by atoms with Crippen molar-refractivity contribution in [3.63, 3.8) is 0 Å². The molecule has 104 valence electrons. The summed E-state index contributed by atoms with van der Waals surface area (Å²) >= 11 is 0. The molecule has 0 radical (unpaired) electrons. The molecule has 0 aromatic heterocycles. The van der Waals surface area contributed by atoms with Gasteiger partial charge in [-0.25, -0.2) is 8.78 Å². The first-order valence-corrected chi connectivity index (χ1v) is 6.38. The van der Waals surface area contributed by atoms with Gasteiger partial charge in [0.25, 0.3) is 5.92 Å². The largest absolute Gasteiger partial charge is 0.320 e. The summed E-state index contributed by atoms with van der Waals surface area (Å²) in [5, 5.41) is 2.74. The number of anilines is 1. The first-order valence-electron chi connectivity index (χ1n) is 6.38. The molecule has 1 heterocycles. The summed E-state index contributed by atoms with van der Waals surface area (Å²) in [4.78, 5) is 13.1. The summed E-state index contributed by atoms with van der Waals surface area (Å²) < 4.78 is 27.9. The number of nitrogens with zero attached hydrogens (tertiary/aromatic N) is 1. The summed E-state index contributed by atoms with van der Waals surface area (Å²) in [6.07, 6.45) is 0.695. The third-order valence-electron chi connectivity index (χ3n) is 3.53. The fourth-order valence-corrected chi connectivity index (χ4v) is 2.31. The van der Waals surface area contributed by atoms with Crippen molar-refractivity contribution in [1.29, 1.82) is 0 Å². The first-order chi connectivity index (χ1) is 8.95. The summed E-state index contributed by atoms with van der Waals surface area (Å²) in [6, 6.07) is 4.58. The summed E-state index contributed by atoms with van der Waals surface area (Å²) in [6.45, 7) is 0.266. The minimum absolute atomic E-state index is 0.0298. The molecule has 1 aromatic rings. The molecule has 1 aliphatic rings. The summed E-state index contributed by atoms with van der Waals surface area (Å²) in [5.74, 6) is -2.81. The first kappa shape index (κ1) is 13.9. The Balaban J connectivity index is 2.29. The Kier molecular flexibility index (Phi) is 3.85. The number of hydrogen-bond acceptors (Lipinski definition) is 2. The molecular formula is C14H18F2N2O. The van der Waals surface area contributed by atoms with Gasteiger partial charge in [0.2, 0.25) is 5.91 Å². The Morgan fingerprint density at radius 3 is 2.79 bits per heavy atom. The second kappa shape index (κ2) is 5.25. The molecule has 1 amide bonds. The molecule has 3 nitrogen and oxygen atoms in total. The number of benzene rings is 1. The molecule has 1 aromatic carbocycles. The van der Waals surface area contributed by atoms with Crippen LogP contribution in [0.15, 0.2) is 18.2 Å². The van der Waals surface area contributed by atoms with Crippen LogP contribution in [0.3, 0.4) is 0 Å². The Morgan fingerprint density at radius 1 is 1.37 bits per heavy atom. The molecule has 0 atom stereocenters. The minimum atomic E-state index is -2.84. The zero-order valence-corrected chi connectivity index (χ0v) is 11.2. The molecule has 1 aliphatic heterocycles. The normalized spacial score (nSPS) is 15.6. The van der Waals surface area contributed by atoms with E-state index in [-0.39, 0.29) is 24.4 Å². The third-order valence-corrected chi connectivity index (χ3v) is 3.53. The van der Waals surface area contributed by atoms with Crippen molar-refractivity contribution >= 4 is 11.6 Å². The van der Waals surface area contributed by atoms with E-state index in [0.29, 0.717) is 12.8 Å². The average Bonchev–Trinajstić information content (AvgIpc) is 2.40. The van der Waals surface area contributed by atoms with Crippen molar-refractivity contribution in [1.82, 2.24) is 5.32 Å². The van der Waals surface area contributed by atoms with E-state index >= 15 is 0 Å². The number of carbonyl (C=O) groups is 1. The van der Waals surface area contributed by atoms with Gasteiger partial charge < -0.3 is 10.2 Å². The molecular weight excluding hydrogens is 250 g/mol. The van der Waals surface area contributed by atoms with Crippen molar-refractivity contribution < 1.29 is 13.6 Å². The van der Waals surface area contributed by atoms with E-state index in [1.165, 1.54) is 17.0 Å². The lowest BCUT2D eigenvalue weighted by Gasteiger charge is -2.27. The summed E-state index contributed by atoms with van der Waals surface area (Å²) in [5.41, 5.74) is 1.59. The van der Waals surface area contributed by atoms with E-state index in [2.05, 4.69) is 5.32 Å². The maximum Gasteiger partial charge on any atom is 0.274 e. The van der Waals surface area contributed by atoms with E-state index < -0.39 is 5.92 Å². The van der Waals surface area contributed by atoms with Gasteiger partial charge in [0, 0.05) is 37.7 Å². The molecule has 0 saturated carbocycles. The number of fused-ring (bicyclic) bond motifs is 1. The van der Waals surface area contributed by atoms with Crippen LogP contribution in [-0.4, -0.2) is 26.5 Å². The van der Waals surface area contributed by atoms with E-state index in [4.69, 9.17) is 0 Å². The highest BCUT2D eigenvalue weighted by molar-refractivity contribution is 5.95. The minimum Gasteiger partial charge on any atom is -0.320 e. The van der Waals surface area contributed by atoms with Crippen LogP contribution in [-0.2, 0) is 17.1 Å². The Hall–Kier alpha value is -1.49. The van der Waals surface area contributed by atoms with Crippen LogP contribution in [0.4, 0.5) is 14.5 Å². The third kappa shape index (κ3) is 2.76. The predicted molar refractivity (Wildman–Crippen MR) is 70.6 cm³/mol. The zero-order chi connectivity index (χ0) is 14.0. The van der Waals surface area contributed by atoms with Crippen molar-refractivity contribution in [2.75, 3.05) is 25.5 Å². The topological polar surface area (TPSA) is 32.3 Å². The number of amides is 1. The average molecular weight is 268 g/mol. The second-order valence-electron chi connectivity index (χ2n) is 4.85. The number of rotatable bonds is 4. The molecule has 2 rings (SSSR count). The van der Waals surface area contributed by atoms with Crippen LogP contribution >= 0.6 is 0 Å². The van der Waals surface area contributed by atoms with Crippen LogP contribution in [0.1, 0.15) is 24.0 Å². The maximum absolute atomic E-state index is 14.0. The zero-order valence-electron chi connectivity index (χ0n) is 11.2. The Labute approximate surface area is 111 Å². The van der Waals surface area contributed by atoms with E-state index in [9.17, 15) is 13.6 Å². The van der Waals surface area contributed by atoms with Gasteiger partial charge in [0.15, 0.2) is 0 Å². The van der Waals surface area contributed by atoms with Crippen molar-refractivity contribution in [3.05, 3.63) is 29.3 Å². The highest BCUT2D eigenvalue weighted by Crippen LogP contribution is 2.35. The highest BCUT2D eigenvalue weighted by Gasteiger charge is 2.32. The van der Waals surface area contributed by atoms with Gasteiger partial charge in [0.1, 0.15) is 0 Å². The summed E-state index contributed by atoms with van der Waals surface area (Å²) in [7, 11) is 3.34. The fourth-order valence-electron chi connectivity index (χ4n) is 2.31. The van der Waals surface area contributed by atoms with Crippen molar-refractivity contribution in [2.45, 2.75) is 25.2 Å². The molecule has 0 saturated heterocycles. The molecule has 0 fully saturated rings. The SMILES string of the molecule is CNCCC(F)(F)c1ccc2c(c1)CCC(=O)N2C. The molecule has 0 aliphatic carbocycles. The van der Waals surface area contributed by atoms with Gasteiger partial charge in [-0.05, 0) is 31.2 Å². The van der Waals surface area contributed by atoms with Crippen LogP contribution < -0.4 is 10.2 Å². The van der Waals surface area contributed by atoms with E-state index in [1.54, 1.807) is 20.2 Å². The molecule has 19 heavy (non-hydrogen) atoms. The van der Waals surface area contributed by atoms with Gasteiger partial charge in [-0.15, -0.1) is 0 Å². The maximum atomic E-state index is 14.0. The van der Waals surface area contributed by atoms with Gasteiger partial charge in [0.05, 0.1) is 0 Å². The second-order valence-corrected chi connectivity index (χ2v) is 4.85. The molecule has 0 bridgehead atoms. The van der Waals surface area contributed by atoms with Crippen LogP contribution in [0.25, 0.3) is 0 Å². The van der Waals surface area contributed by atoms with Gasteiger partial charge in [-0.3, -0.25) is 4.79 Å². The highest BCUT2D eigenvalue weighted by atomic mass is 19.3. The standard InChI is InChI=1S/C14H18F2N2O/c1-17-8-7-14(15,16)11-4-5-12-10(9-11)3-6-13(19)18(12)2/h4-5,9,17H,3,6-8H2,1-2H3. The number of halogens is 2. The monoisotopic (exact) mass is 268 g/mol. The molecule has 5 heteroatoms. The number of aryl methyl sites for hydroxylation is 1. The molecule has 0 spiro atoms. The number of hydrogen-bond donors (Lipinski definition) is 1. The molecule has 1 N–H and O–H groups in total. The molecule has 0 unspecified atom stereocenters. The number of carbonyl (C=O) groups excluding carboxylic acids is 1. The lowest BCUT2D eigenvalue weighted by Crippen LogP contribution is -2.31. The van der Waals surface area contributed by atoms with Gasteiger partial charge in [-0.1, -0.05) is 6.07 Å². The Morgan fingerprint density at radius 2 is 2.11 bits per heavy atom. The van der Waals surface area contributed by atoms with Crippen molar-refractivity contribution in [2.24, 2.45) is 0 Å². The Bertz CT molecular complexity index is 488. The van der Waals surface area contributed by atoms with E-state index in [0.717, 1.165) is 11.3 Å².